The van der Waals surface area contributed by atoms with Gasteiger partial charge in [-0.15, -0.1) is 0 Å². The Labute approximate surface area is 105 Å². The largest absolute Gasteiger partial charge is 0.439 e. The molecule has 0 spiro atoms. The number of hydrogen-bond acceptors (Lipinski definition) is 3. The molecule has 2 aromatic rings. The number of oxazole rings is 1. The molecule has 1 aromatic carbocycles. The van der Waals surface area contributed by atoms with Crippen LogP contribution in [0, 0.1) is 0 Å². The van der Waals surface area contributed by atoms with E-state index < -0.39 is 0 Å². The quantitative estimate of drug-likeness (QED) is 0.841. The van der Waals surface area contributed by atoms with Crippen LogP contribution in [-0.2, 0) is 5.54 Å². The predicted octanol–water partition coefficient (Wildman–Crippen LogP) is 3.60. The second-order valence-electron chi connectivity index (χ2n) is 4.85. The summed E-state index contributed by atoms with van der Waals surface area (Å²) in [5.74, 6) is 0.662. The number of hydrogen-bond donors (Lipinski definition) is 1. The van der Waals surface area contributed by atoms with Crippen LogP contribution in [0.1, 0.15) is 38.0 Å². The molecule has 17 heavy (non-hydrogen) atoms. The molecule has 0 atom stereocenters. The summed E-state index contributed by atoms with van der Waals surface area (Å²) in [6, 6.07) is 5.48. The molecule has 0 saturated heterocycles. The average molecular weight is 251 g/mol. The Morgan fingerprint density at radius 1 is 1.24 bits per heavy atom. The summed E-state index contributed by atoms with van der Waals surface area (Å²) in [6.45, 7) is 0. The molecule has 4 heteroatoms. The van der Waals surface area contributed by atoms with Crippen molar-refractivity contribution in [2.24, 2.45) is 5.73 Å². The number of aromatic nitrogens is 1. The lowest BCUT2D eigenvalue weighted by Crippen LogP contribution is -2.38. The minimum absolute atomic E-state index is 0.385. The van der Waals surface area contributed by atoms with Crippen molar-refractivity contribution in [2.45, 2.75) is 37.6 Å². The third kappa shape index (κ3) is 1.94. The Bertz CT molecular complexity index is 543. The third-order valence-electron chi connectivity index (χ3n) is 3.52. The van der Waals surface area contributed by atoms with Crippen molar-refractivity contribution in [3.8, 4) is 0 Å². The molecule has 3 rings (SSSR count). The van der Waals surface area contributed by atoms with E-state index in [4.69, 9.17) is 21.8 Å². The zero-order valence-corrected chi connectivity index (χ0v) is 10.3. The van der Waals surface area contributed by atoms with E-state index in [9.17, 15) is 0 Å². The summed E-state index contributed by atoms with van der Waals surface area (Å²) in [6.07, 6.45) is 5.46. The zero-order valence-electron chi connectivity index (χ0n) is 9.58. The first-order chi connectivity index (χ1) is 8.17. The molecule has 0 radical (unpaired) electrons. The Hall–Kier alpha value is -1.06. The van der Waals surface area contributed by atoms with Gasteiger partial charge in [-0.1, -0.05) is 30.9 Å². The van der Waals surface area contributed by atoms with Crippen LogP contribution in [0.4, 0.5) is 0 Å². The highest BCUT2D eigenvalue weighted by Gasteiger charge is 2.34. The Kier molecular flexibility index (Phi) is 2.60. The number of nitrogens with zero attached hydrogens (tertiary/aromatic N) is 1. The van der Waals surface area contributed by atoms with Crippen molar-refractivity contribution < 1.29 is 4.42 Å². The van der Waals surface area contributed by atoms with Gasteiger partial charge in [-0.3, -0.25) is 0 Å². The van der Waals surface area contributed by atoms with Crippen molar-refractivity contribution in [3.05, 3.63) is 29.1 Å². The number of benzene rings is 1. The molecule has 90 valence electrons. The van der Waals surface area contributed by atoms with Crippen LogP contribution in [0.3, 0.4) is 0 Å². The van der Waals surface area contributed by atoms with Crippen molar-refractivity contribution in [1.82, 2.24) is 4.98 Å². The number of halogens is 1. The minimum Gasteiger partial charge on any atom is -0.439 e. The van der Waals surface area contributed by atoms with Crippen LogP contribution < -0.4 is 5.73 Å². The summed E-state index contributed by atoms with van der Waals surface area (Å²) >= 11 is 5.93. The van der Waals surface area contributed by atoms with Gasteiger partial charge >= 0.3 is 0 Å². The van der Waals surface area contributed by atoms with E-state index >= 15 is 0 Å². The van der Waals surface area contributed by atoms with E-state index in [1.165, 1.54) is 6.42 Å². The Morgan fingerprint density at radius 3 is 2.76 bits per heavy atom. The molecule has 1 aromatic heterocycles. The fourth-order valence-electron chi connectivity index (χ4n) is 2.51. The molecular weight excluding hydrogens is 236 g/mol. The second-order valence-corrected chi connectivity index (χ2v) is 5.28. The molecular formula is C13H15ClN2O. The first-order valence-corrected chi connectivity index (χ1v) is 6.41. The van der Waals surface area contributed by atoms with Crippen molar-refractivity contribution in [2.75, 3.05) is 0 Å². The van der Waals surface area contributed by atoms with Gasteiger partial charge in [0.15, 0.2) is 5.58 Å². The second kappa shape index (κ2) is 4.00. The van der Waals surface area contributed by atoms with Crippen LogP contribution >= 0.6 is 11.6 Å². The molecule has 0 unspecified atom stereocenters. The van der Waals surface area contributed by atoms with Crippen molar-refractivity contribution >= 4 is 22.7 Å². The normalized spacial score (nSPS) is 19.6. The average Bonchev–Trinajstić information content (AvgIpc) is 2.73. The van der Waals surface area contributed by atoms with Gasteiger partial charge in [0.1, 0.15) is 5.52 Å². The summed E-state index contributed by atoms with van der Waals surface area (Å²) in [7, 11) is 0. The SMILES string of the molecule is NC1(c2nc3ccc(Cl)cc3o2)CCCCC1. The first kappa shape index (κ1) is 11.1. The summed E-state index contributed by atoms with van der Waals surface area (Å²) in [4.78, 5) is 4.50. The topological polar surface area (TPSA) is 52.0 Å². The standard InChI is InChI=1S/C13H15ClN2O/c14-9-4-5-10-11(8-9)17-12(16-10)13(15)6-2-1-3-7-13/h4-5,8H,1-3,6-7,15H2. The number of nitrogens with two attached hydrogens (primary N) is 1. The van der Waals surface area contributed by atoms with Gasteiger partial charge in [-0.05, 0) is 25.0 Å². The smallest absolute Gasteiger partial charge is 0.215 e. The maximum absolute atomic E-state index is 6.39. The van der Waals surface area contributed by atoms with Crippen LogP contribution in [0.15, 0.2) is 22.6 Å². The lowest BCUT2D eigenvalue weighted by molar-refractivity contribution is 0.248. The van der Waals surface area contributed by atoms with Gasteiger partial charge in [-0.2, -0.15) is 0 Å². The molecule has 1 fully saturated rings. The molecule has 1 aliphatic carbocycles. The minimum atomic E-state index is -0.385. The van der Waals surface area contributed by atoms with Gasteiger partial charge in [0.05, 0.1) is 5.54 Å². The highest BCUT2D eigenvalue weighted by molar-refractivity contribution is 6.31. The van der Waals surface area contributed by atoms with Gasteiger partial charge in [0.2, 0.25) is 5.89 Å². The maximum Gasteiger partial charge on any atom is 0.215 e. The molecule has 1 aliphatic rings. The Balaban J connectivity index is 2.05. The molecule has 1 saturated carbocycles. The molecule has 2 N–H and O–H groups in total. The highest BCUT2D eigenvalue weighted by atomic mass is 35.5. The van der Waals surface area contributed by atoms with Gasteiger partial charge in [0, 0.05) is 11.1 Å². The number of fused-ring (bicyclic) bond motifs is 1. The fourth-order valence-corrected chi connectivity index (χ4v) is 2.67. The van der Waals surface area contributed by atoms with E-state index in [0.29, 0.717) is 10.9 Å². The highest BCUT2D eigenvalue weighted by Crippen LogP contribution is 2.35. The van der Waals surface area contributed by atoms with E-state index in [-0.39, 0.29) is 5.54 Å². The Morgan fingerprint density at radius 2 is 2.00 bits per heavy atom. The number of rotatable bonds is 1. The van der Waals surface area contributed by atoms with Gasteiger partial charge in [0.25, 0.3) is 0 Å². The van der Waals surface area contributed by atoms with Crippen LogP contribution in [0.25, 0.3) is 11.1 Å². The lowest BCUT2D eigenvalue weighted by atomic mass is 9.82. The van der Waals surface area contributed by atoms with E-state index in [2.05, 4.69) is 4.98 Å². The lowest BCUT2D eigenvalue weighted by Gasteiger charge is -2.29. The van der Waals surface area contributed by atoms with E-state index in [0.717, 1.165) is 36.8 Å². The molecule has 1 heterocycles. The van der Waals surface area contributed by atoms with Gasteiger partial charge < -0.3 is 10.2 Å². The maximum atomic E-state index is 6.39. The third-order valence-corrected chi connectivity index (χ3v) is 3.76. The summed E-state index contributed by atoms with van der Waals surface area (Å²) < 4.78 is 5.77. The molecule has 3 nitrogen and oxygen atoms in total. The zero-order chi connectivity index (χ0) is 11.9. The summed E-state index contributed by atoms with van der Waals surface area (Å²) in [5, 5.41) is 0.662. The van der Waals surface area contributed by atoms with Crippen LogP contribution in [-0.4, -0.2) is 4.98 Å². The summed E-state index contributed by atoms with van der Waals surface area (Å²) in [5.41, 5.74) is 7.57. The molecule has 0 aliphatic heterocycles. The predicted molar refractivity (Wildman–Crippen MR) is 68.0 cm³/mol. The van der Waals surface area contributed by atoms with Gasteiger partial charge in [-0.25, -0.2) is 4.98 Å². The molecule has 0 bridgehead atoms. The van der Waals surface area contributed by atoms with E-state index in [1.54, 1.807) is 6.07 Å². The van der Waals surface area contributed by atoms with E-state index in [1.807, 2.05) is 12.1 Å². The van der Waals surface area contributed by atoms with Crippen LogP contribution in [0.2, 0.25) is 5.02 Å². The molecule has 0 amide bonds. The monoisotopic (exact) mass is 250 g/mol. The van der Waals surface area contributed by atoms with Crippen LogP contribution in [0.5, 0.6) is 0 Å². The first-order valence-electron chi connectivity index (χ1n) is 6.03. The fraction of sp³-hybridized carbons (Fsp3) is 0.462. The van der Waals surface area contributed by atoms with Crippen molar-refractivity contribution in [3.63, 3.8) is 0 Å². The van der Waals surface area contributed by atoms with Crippen molar-refractivity contribution in [1.29, 1.82) is 0 Å².